The number of carbonyl (C=O) groups is 1. The van der Waals surface area contributed by atoms with Crippen LogP contribution in [0.5, 0.6) is 0 Å². The van der Waals surface area contributed by atoms with Gasteiger partial charge < -0.3 is 9.80 Å². The molecular formula is C23H28N6OS. The first-order valence-electron chi connectivity index (χ1n) is 10.7. The zero-order valence-corrected chi connectivity index (χ0v) is 19.0. The third kappa shape index (κ3) is 4.65. The molecule has 1 aliphatic rings. The Morgan fingerprint density at radius 1 is 1.10 bits per heavy atom. The first kappa shape index (κ1) is 21.5. The van der Waals surface area contributed by atoms with Gasteiger partial charge in [-0.3, -0.25) is 14.3 Å². The normalized spacial score (nSPS) is 15.8. The molecule has 0 N–H and O–H groups in total. The molecule has 1 fully saturated rings. The maximum absolute atomic E-state index is 13.1. The van der Waals surface area contributed by atoms with Gasteiger partial charge in [-0.1, -0.05) is 36.9 Å². The van der Waals surface area contributed by atoms with Gasteiger partial charge in [0.15, 0.2) is 11.0 Å². The zero-order chi connectivity index (χ0) is 21.8. The number of para-hydroxylation sites is 1. The molecule has 0 aliphatic carbocycles. The van der Waals surface area contributed by atoms with Gasteiger partial charge in [-0.15, -0.1) is 10.2 Å². The number of rotatable bonds is 6. The monoisotopic (exact) mass is 436 g/mol. The average molecular weight is 437 g/mol. The topological polar surface area (TPSA) is 67.2 Å². The number of amides is 1. The highest BCUT2D eigenvalue weighted by Crippen LogP contribution is 2.31. The fourth-order valence-electron chi connectivity index (χ4n) is 3.81. The van der Waals surface area contributed by atoms with Crippen molar-refractivity contribution in [2.24, 2.45) is 0 Å². The maximum atomic E-state index is 13.1. The van der Waals surface area contributed by atoms with Crippen molar-refractivity contribution in [1.29, 1.82) is 0 Å². The predicted octanol–water partition coefficient (Wildman–Crippen LogP) is 3.28. The number of aromatic nitrogens is 4. The quantitative estimate of drug-likeness (QED) is 0.553. The maximum Gasteiger partial charge on any atom is 0.235 e. The summed E-state index contributed by atoms with van der Waals surface area (Å²) in [6.45, 7) is 10.6. The second-order valence-corrected chi connectivity index (χ2v) is 9.00. The molecule has 1 aliphatic heterocycles. The van der Waals surface area contributed by atoms with E-state index in [0.717, 1.165) is 55.4 Å². The highest BCUT2D eigenvalue weighted by molar-refractivity contribution is 8.00. The second-order valence-electron chi connectivity index (χ2n) is 7.69. The Bertz CT molecular complexity index is 1030. The van der Waals surface area contributed by atoms with Crippen LogP contribution in [0.15, 0.2) is 53.9 Å². The summed E-state index contributed by atoms with van der Waals surface area (Å²) in [7, 11) is 0. The van der Waals surface area contributed by atoms with E-state index in [1.54, 1.807) is 12.4 Å². The van der Waals surface area contributed by atoms with Crippen molar-refractivity contribution < 1.29 is 4.79 Å². The lowest BCUT2D eigenvalue weighted by atomic mass is 10.2. The summed E-state index contributed by atoms with van der Waals surface area (Å²) >= 11 is 1.46. The largest absolute Gasteiger partial charge is 0.339 e. The Morgan fingerprint density at radius 2 is 1.87 bits per heavy atom. The standard InChI is InChI=1S/C23H28N6OS/c1-4-27-12-14-28(15-13-27)22(30)18(3)31-23-26-25-21(19-9-7-11-24-16-19)29(23)20-10-6-5-8-17(20)2/h5-11,16,18H,4,12-15H2,1-3H3. The van der Waals surface area contributed by atoms with Crippen molar-refractivity contribution in [2.75, 3.05) is 32.7 Å². The Labute approximate surface area is 187 Å². The number of hydrogen-bond donors (Lipinski definition) is 0. The van der Waals surface area contributed by atoms with Gasteiger partial charge in [-0.05, 0) is 44.2 Å². The Morgan fingerprint density at radius 3 is 2.55 bits per heavy atom. The van der Waals surface area contributed by atoms with E-state index >= 15 is 0 Å². The number of benzene rings is 1. The Hall–Kier alpha value is -2.71. The number of carbonyl (C=O) groups excluding carboxylic acids is 1. The molecule has 0 radical (unpaired) electrons. The minimum Gasteiger partial charge on any atom is -0.339 e. The molecule has 3 aromatic rings. The van der Waals surface area contributed by atoms with Gasteiger partial charge in [0.2, 0.25) is 5.91 Å². The van der Waals surface area contributed by atoms with Crippen molar-refractivity contribution in [3.05, 3.63) is 54.4 Å². The van der Waals surface area contributed by atoms with Gasteiger partial charge in [-0.25, -0.2) is 0 Å². The van der Waals surface area contributed by atoms with Crippen LogP contribution in [0, 0.1) is 6.92 Å². The number of piperazine rings is 1. The van der Waals surface area contributed by atoms with Crippen LogP contribution in [-0.4, -0.2) is 73.4 Å². The lowest BCUT2D eigenvalue weighted by Crippen LogP contribution is -2.50. The van der Waals surface area contributed by atoms with E-state index in [-0.39, 0.29) is 11.2 Å². The predicted molar refractivity (Wildman–Crippen MR) is 123 cm³/mol. The van der Waals surface area contributed by atoms with Crippen LogP contribution in [0.2, 0.25) is 0 Å². The fraction of sp³-hybridized carbons (Fsp3) is 0.391. The molecule has 1 aromatic carbocycles. The lowest BCUT2D eigenvalue weighted by Gasteiger charge is -2.35. The van der Waals surface area contributed by atoms with Crippen LogP contribution in [0.1, 0.15) is 19.4 Å². The number of likely N-dealkylation sites (N-methyl/N-ethyl adjacent to an activating group) is 1. The van der Waals surface area contributed by atoms with Gasteiger partial charge in [0.05, 0.1) is 10.9 Å². The number of thioether (sulfide) groups is 1. The smallest absolute Gasteiger partial charge is 0.235 e. The molecule has 162 valence electrons. The van der Waals surface area contributed by atoms with E-state index in [1.807, 2.05) is 40.7 Å². The van der Waals surface area contributed by atoms with Crippen molar-refractivity contribution in [3.63, 3.8) is 0 Å². The summed E-state index contributed by atoms with van der Waals surface area (Å²) in [5.74, 6) is 0.879. The fourth-order valence-corrected chi connectivity index (χ4v) is 4.75. The minimum absolute atomic E-state index is 0.156. The van der Waals surface area contributed by atoms with Crippen LogP contribution >= 0.6 is 11.8 Å². The Kier molecular flexibility index (Phi) is 6.67. The summed E-state index contributed by atoms with van der Waals surface area (Å²) in [4.78, 5) is 21.7. The van der Waals surface area contributed by atoms with Crippen molar-refractivity contribution in [2.45, 2.75) is 31.2 Å². The van der Waals surface area contributed by atoms with E-state index < -0.39 is 0 Å². The first-order chi connectivity index (χ1) is 15.1. The second kappa shape index (κ2) is 9.62. The molecule has 0 bridgehead atoms. The number of aryl methyl sites for hydroxylation is 1. The highest BCUT2D eigenvalue weighted by Gasteiger charge is 2.27. The molecule has 1 atom stereocenters. The van der Waals surface area contributed by atoms with Crippen LogP contribution < -0.4 is 0 Å². The van der Waals surface area contributed by atoms with Crippen molar-refractivity contribution in [3.8, 4) is 17.1 Å². The van der Waals surface area contributed by atoms with Gasteiger partial charge >= 0.3 is 0 Å². The van der Waals surface area contributed by atoms with E-state index in [0.29, 0.717) is 5.16 Å². The molecule has 3 heterocycles. The van der Waals surface area contributed by atoms with Crippen LogP contribution in [0.4, 0.5) is 0 Å². The van der Waals surface area contributed by atoms with E-state index in [9.17, 15) is 4.79 Å². The minimum atomic E-state index is -0.248. The molecule has 1 amide bonds. The van der Waals surface area contributed by atoms with Crippen LogP contribution in [-0.2, 0) is 4.79 Å². The molecule has 8 heteroatoms. The zero-order valence-electron chi connectivity index (χ0n) is 18.2. The molecule has 1 saturated heterocycles. The summed E-state index contributed by atoms with van der Waals surface area (Å²) in [6.07, 6.45) is 3.53. The lowest BCUT2D eigenvalue weighted by molar-refractivity contribution is -0.132. The summed E-state index contributed by atoms with van der Waals surface area (Å²) in [5, 5.41) is 9.40. The Balaban J connectivity index is 1.62. The first-order valence-corrected chi connectivity index (χ1v) is 11.6. The van der Waals surface area contributed by atoms with Gasteiger partial charge in [0.1, 0.15) is 0 Å². The number of pyridine rings is 1. The summed E-state index contributed by atoms with van der Waals surface area (Å²) < 4.78 is 2.04. The molecule has 4 rings (SSSR count). The molecule has 0 saturated carbocycles. The average Bonchev–Trinajstić information content (AvgIpc) is 3.22. The highest BCUT2D eigenvalue weighted by atomic mass is 32.2. The van der Waals surface area contributed by atoms with Crippen molar-refractivity contribution in [1.82, 2.24) is 29.5 Å². The number of hydrogen-bond acceptors (Lipinski definition) is 6. The van der Waals surface area contributed by atoms with E-state index in [2.05, 4.69) is 46.1 Å². The van der Waals surface area contributed by atoms with Crippen LogP contribution in [0.3, 0.4) is 0 Å². The third-order valence-electron chi connectivity index (χ3n) is 5.67. The molecule has 31 heavy (non-hydrogen) atoms. The van der Waals surface area contributed by atoms with E-state index in [1.165, 1.54) is 11.8 Å². The molecule has 7 nitrogen and oxygen atoms in total. The van der Waals surface area contributed by atoms with E-state index in [4.69, 9.17) is 0 Å². The SMILES string of the molecule is CCN1CCN(C(=O)C(C)Sc2nnc(-c3cccnc3)n2-c2ccccc2C)CC1. The van der Waals surface area contributed by atoms with Crippen LogP contribution in [0.25, 0.3) is 17.1 Å². The van der Waals surface area contributed by atoms with Gasteiger partial charge in [0, 0.05) is 44.1 Å². The molecule has 0 spiro atoms. The third-order valence-corrected chi connectivity index (χ3v) is 6.70. The van der Waals surface area contributed by atoms with Crippen molar-refractivity contribution >= 4 is 17.7 Å². The molecule has 1 unspecified atom stereocenters. The number of nitrogens with zero attached hydrogens (tertiary/aromatic N) is 6. The molecular weight excluding hydrogens is 408 g/mol. The molecule has 2 aromatic heterocycles. The summed E-state index contributed by atoms with van der Waals surface area (Å²) in [6, 6.07) is 12.0. The van der Waals surface area contributed by atoms with Gasteiger partial charge in [-0.2, -0.15) is 0 Å². The summed E-state index contributed by atoms with van der Waals surface area (Å²) in [5.41, 5.74) is 3.01. The van der Waals surface area contributed by atoms with Gasteiger partial charge in [0.25, 0.3) is 0 Å².